The smallest absolute Gasteiger partial charge is 0.410 e. The van der Waals surface area contributed by atoms with E-state index in [-0.39, 0.29) is 18.7 Å². The molecule has 0 saturated carbocycles. The number of hydrogen-bond acceptors (Lipinski definition) is 5. The van der Waals surface area contributed by atoms with Gasteiger partial charge in [0.05, 0.1) is 31.5 Å². The zero-order valence-corrected chi connectivity index (χ0v) is 12.1. The zero-order chi connectivity index (χ0) is 14.8. The Morgan fingerprint density at radius 1 is 1.55 bits per heavy atom. The molecule has 1 aliphatic heterocycles. The fourth-order valence-electron chi connectivity index (χ4n) is 2.11. The highest BCUT2D eigenvalue weighted by Crippen LogP contribution is 2.16. The molecule has 1 aromatic rings. The molecule has 112 valence electrons. The van der Waals surface area contributed by atoms with Gasteiger partial charge in [0.1, 0.15) is 11.4 Å². The predicted molar refractivity (Wildman–Crippen MR) is 73.1 cm³/mol. The second-order valence-corrected chi connectivity index (χ2v) is 6.02. The molecule has 2 N–H and O–H groups in total. The summed E-state index contributed by atoms with van der Waals surface area (Å²) < 4.78 is 10.5. The summed E-state index contributed by atoms with van der Waals surface area (Å²) in [6, 6.07) is 3.50. The molecule has 6 nitrogen and oxygen atoms in total. The van der Waals surface area contributed by atoms with Gasteiger partial charge < -0.3 is 24.5 Å². The van der Waals surface area contributed by atoms with Crippen LogP contribution in [0, 0.1) is 0 Å². The van der Waals surface area contributed by atoms with Gasteiger partial charge in [0.25, 0.3) is 0 Å². The monoisotopic (exact) mass is 282 g/mol. The average molecular weight is 282 g/mol. The largest absolute Gasteiger partial charge is 0.468 e. The number of furan rings is 1. The molecule has 1 amide bonds. The number of nitrogens with one attached hydrogen (secondary N) is 1. The Morgan fingerprint density at radius 3 is 2.90 bits per heavy atom. The first-order valence-electron chi connectivity index (χ1n) is 6.77. The van der Waals surface area contributed by atoms with Crippen LogP contribution in [-0.4, -0.2) is 46.9 Å². The lowest BCUT2D eigenvalue weighted by Gasteiger charge is -2.24. The second kappa shape index (κ2) is 5.85. The lowest BCUT2D eigenvalue weighted by atomic mass is 10.2. The van der Waals surface area contributed by atoms with Gasteiger partial charge in [-0.2, -0.15) is 0 Å². The Hall–Kier alpha value is -1.53. The van der Waals surface area contributed by atoms with Gasteiger partial charge in [-0.1, -0.05) is 0 Å². The van der Waals surface area contributed by atoms with Crippen molar-refractivity contribution in [2.24, 2.45) is 0 Å². The number of carbonyl (C=O) groups excluding carboxylic acids is 1. The average Bonchev–Trinajstić information content (AvgIpc) is 2.93. The van der Waals surface area contributed by atoms with Crippen LogP contribution in [0.4, 0.5) is 4.79 Å². The first-order chi connectivity index (χ1) is 9.35. The summed E-state index contributed by atoms with van der Waals surface area (Å²) in [6.07, 6.45) is 0.617. The summed E-state index contributed by atoms with van der Waals surface area (Å²) in [5.41, 5.74) is -0.526. The van der Waals surface area contributed by atoms with E-state index in [1.165, 1.54) is 4.90 Å². The van der Waals surface area contributed by atoms with E-state index in [0.717, 1.165) is 5.76 Å². The Bertz CT molecular complexity index is 439. The lowest BCUT2D eigenvalue weighted by Crippen LogP contribution is -2.39. The number of likely N-dealkylation sites (tertiary alicyclic amines) is 1. The molecular formula is C14H22N2O4. The first-order valence-corrected chi connectivity index (χ1v) is 6.77. The third-order valence-corrected chi connectivity index (χ3v) is 3.06. The third-order valence-electron chi connectivity index (χ3n) is 3.06. The van der Waals surface area contributed by atoms with Crippen molar-refractivity contribution in [2.75, 3.05) is 13.1 Å². The summed E-state index contributed by atoms with van der Waals surface area (Å²) >= 11 is 0. The lowest BCUT2D eigenvalue weighted by molar-refractivity contribution is 0.0270. The maximum absolute atomic E-state index is 11.9. The van der Waals surface area contributed by atoms with Gasteiger partial charge in [0.15, 0.2) is 0 Å². The molecule has 0 bridgehead atoms. The van der Waals surface area contributed by atoms with E-state index in [9.17, 15) is 9.90 Å². The van der Waals surface area contributed by atoms with E-state index >= 15 is 0 Å². The van der Waals surface area contributed by atoms with Crippen LogP contribution in [0.5, 0.6) is 0 Å². The standard InChI is InChI=1S/C14H22N2O4/c1-14(2,3)20-13(18)16-8-11(12(17)9-16)15-7-10-5-4-6-19-10/h4-6,11-12,15,17H,7-9H2,1-3H3. The van der Waals surface area contributed by atoms with Gasteiger partial charge in [0, 0.05) is 6.54 Å². The van der Waals surface area contributed by atoms with E-state index in [1.807, 2.05) is 32.9 Å². The highest BCUT2D eigenvalue weighted by atomic mass is 16.6. The maximum atomic E-state index is 11.9. The minimum atomic E-state index is -0.600. The molecule has 0 aromatic carbocycles. The highest BCUT2D eigenvalue weighted by molar-refractivity contribution is 5.68. The van der Waals surface area contributed by atoms with E-state index < -0.39 is 11.7 Å². The number of aliphatic hydroxyl groups is 1. The van der Waals surface area contributed by atoms with Crippen LogP contribution in [0.3, 0.4) is 0 Å². The van der Waals surface area contributed by atoms with Crippen molar-refractivity contribution in [3.63, 3.8) is 0 Å². The van der Waals surface area contributed by atoms with Crippen LogP contribution in [0.25, 0.3) is 0 Å². The van der Waals surface area contributed by atoms with Crippen LogP contribution in [0.15, 0.2) is 22.8 Å². The number of rotatable bonds is 3. The molecule has 6 heteroatoms. The van der Waals surface area contributed by atoms with Crippen molar-refractivity contribution in [1.29, 1.82) is 0 Å². The molecule has 1 fully saturated rings. The van der Waals surface area contributed by atoms with Crippen molar-refractivity contribution >= 4 is 6.09 Å². The molecule has 2 heterocycles. The van der Waals surface area contributed by atoms with Gasteiger partial charge in [-0.15, -0.1) is 0 Å². The molecule has 1 aliphatic rings. The number of amides is 1. The van der Waals surface area contributed by atoms with Gasteiger partial charge in [-0.3, -0.25) is 0 Å². The minimum absolute atomic E-state index is 0.174. The maximum Gasteiger partial charge on any atom is 0.410 e. The molecule has 2 unspecified atom stereocenters. The molecule has 0 aliphatic carbocycles. The zero-order valence-electron chi connectivity index (χ0n) is 12.1. The summed E-state index contributed by atoms with van der Waals surface area (Å²) in [7, 11) is 0. The van der Waals surface area contributed by atoms with E-state index in [4.69, 9.17) is 9.15 Å². The highest BCUT2D eigenvalue weighted by Gasteiger charge is 2.35. The molecule has 0 spiro atoms. The molecule has 2 rings (SSSR count). The van der Waals surface area contributed by atoms with Gasteiger partial charge in [-0.25, -0.2) is 4.79 Å². The van der Waals surface area contributed by atoms with Gasteiger partial charge >= 0.3 is 6.09 Å². The first kappa shape index (κ1) is 14.9. The summed E-state index contributed by atoms with van der Waals surface area (Å²) in [5, 5.41) is 13.2. The third kappa shape index (κ3) is 3.98. The fraction of sp³-hybridized carbons (Fsp3) is 0.643. The van der Waals surface area contributed by atoms with Gasteiger partial charge in [-0.05, 0) is 32.9 Å². The van der Waals surface area contributed by atoms with Crippen molar-refractivity contribution in [3.05, 3.63) is 24.2 Å². The van der Waals surface area contributed by atoms with Crippen molar-refractivity contribution in [2.45, 2.75) is 45.1 Å². The van der Waals surface area contributed by atoms with Crippen LogP contribution in [-0.2, 0) is 11.3 Å². The van der Waals surface area contributed by atoms with E-state index in [1.54, 1.807) is 6.26 Å². The Morgan fingerprint density at radius 2 is 2.30 bits per heavy atom. The topological polar surface area (TPSA) is 74.9 Å². The Labute approximate surface area is 118 Å². The van der Waals surface area contributed by atoms with Crippen LogP contribution in [0.2, 0.25) is 0 Å². The predicted octanol–water partition coefficient (Wildman–Crippen LogP) is 1.35. The molecule has 1 aromatic heterocycles. The number of nitrogens with zero attached hydrogens (tertiary/aromatic N) is 1. The summed E-state index contributed by atoms with van der Waals surface area (Å²) in [5.74, 6) is 0.799. The van der Waals surface area contributed by atoms with Crippen LogP contribution in [0.1, 0.15) is 26.5 Å². The second-order valence-electron chi connectivity index (χ2n) is 6.02. The van der Waals surface area contributed by atoms with Crippen LogP contribution < -0.4 is 5.32 Å². The van der Waals surface area contributed by atoms with Crippen molar-refractivity contribution < 1.29 is 19.1 Å². The minimum Gasteiger partial charge on any atom is -0.468 e. The SMILES string of the molecule is CC(C)(C)OC(=O)N1CC(O)C(NCc2ccco2)C1. The fourth-order valence-corrected chi connectivity index (χ4v) is 2.11. The molecule has 0 radical (unpaired) electrons. The molecule has 2 atom stereocenters. The summed E-state index contributed by atoms with van der Waals surface area (Å²) in [6.45, 7) is 6.70. The number of carbonyl (C=O) groups is 1. The van der Waals surface area contributed by atoms with Crippen molar-refractivity contribution in [3.8, 4) is 0 Å². The van der Waals surface area contributed by atoms with Crippen LogP contribution >= 0.6 is 0 Å². The molecule has 1 saturated heterocycles. The van der Waals surface area contributed by atoms with E-state index in [2.05, 4.69) is 5.32 Å². The molecule has 20 heavy (non-hydrogen) atoms. The van der Waals surface area contributed by atoms with E-state index in [0.29, 0.717) is 13.1 Å². The number of hydrogen-bond donors (Lipinski definition) is 2. The quantitative estimate of drug-likeness (QED) is 0.875. The number of aliphatic hydroxyl groups excluding tert-OH is 1. The Balaban J connectivity index is 1.84. The van der Waals surface area contributed by atoms with Crippen molar-refractivity contribution in [1.82, 2.24) is 10.2 Å². The normalized spacial score (nSPS) is 23.1. The number of ether oxygens (including phenoxy) is 1. The summed E-state index contributed by atoms with van der Waals surface area (Å²) in [4.78, 5) is 13.5. The Kier molecular flexibility index (Phi) is 4.35. The number of β-amino-alcohol motifs (C(OH)–C–C–N with tert-alkyl or cyclic N) is 1. The van der Waals surface area contributed by atoms with Gasteiger partial charge in [0.2, 0.25) is 0 Å². The molecular weight excluding hydrogens is 260 g/mol.